The van der Waals surface area contributed by atoms with Crippen LogP contribution in [-0.4, -0.2) is 29.0 Å². The molecule has 1 heterocycles. The molecule has 166 valence electrons. The zero-order valence-corrected chi connectivity index (χ0v) is 18.6. The zero-order valence-electron chi connectivity index (χ0n) is 18.6. The summed E-state index contributed by atoms with van der Waals surface area (Å²) in [5, 5.41) is 10.9. The molecule has 5 rings (SSSR count). The van der Waals surface area contributed by atoms with Gasteiger partial charge in [-0.05, 0) is 41.1 Å². The van der Waals surface area contributed by atoms with Gasteiger partial charge in [0.2, 0.25) is 0 Å². The normalized spacial score (nSPS) is 11.1. The number of para-hydroxylation sites is 2. The van der Waals surface area contributed by atoms with Gasteiger partial charge in [-0.2, -0.15) is 10.2 Å². The first-order valence-corrected chi connectivity index (χ1v) is 10.8. The maximum absolute atomic E-state index is 12.9. The zero-order chi connectivity index (χ0) is 23.3. The van der Waals surface area contributed by atoms with Crippen LogP contribution in [0.1, 0.15) is 16.1 Å². The standard InChI is InChI=1S/C28H22N4O2/c1-34-27-17-8-6-11-21(27)19-29-30-28(33)25-18-26(32(31-25)22-13-3-2-4-14-22)24-16-9-12-20-10-5-7-15-23(20)24/h2-19H,1H3,(H,30,33)/b29-19-. The highest BCUT2D eigenvalue weighted by Crippen LogP contribution is 2.31. The third-order valence-corrected chi connectivity index (χ3v) is 5.52. The van der Waals surface area contributed by atoms with E-state index >= 15 is 0 Å². The summed E-state index contributed by atoms with van der Waals surface area (Å²) in [5.74, 6) is 0.273. The van der Waals surface area contributed by atoms with Crippen molar-refractivity contribution in [3.63, 3.8) is 0 Å². The molecule has 1 aromatic heterocycles. The lowest BCUT2D eigenvalue weighted by atomic mass is 10.0. The highest BCUT2D eigenvalue weighted by molar-refractivity contribution is 5.99. The highest BCUT2D eigenvalue weighted by atomic mass is 16.5. The van der Waals surface area contributed by atoms with Crippen LogP contribution in [0.2, 0.25) is 0 Å². The Morgan fingerprint density at radius 3 is 2.50 bits per heavy atom. The average Bonchev–Trinajstić information content (AvgIpc) is 3.34. The summed E-state index contributed by atoms with van der Waals surface area (Å²) in [6.45, 7) is 0. The Labute approximate surface area is 197 Å². The fourth-order valence-corrected chi connectivity index (χ4v) is 3.89. The van der Waals surface area contributed by atoms with Crippen molar-refractivity contribution in [3.05, 3.63) is 114 Å². The Morgan fingerprint density at radius 1 is 0.912 bits per heavy atom. The number of carbonyl (C=O) groups excluding carboxylic acids is 1. The van der Waals surface area contributed by atoms with E-state index < -0.39 is 5.91 Å². The van der Waals surface area contributed by atoms with E-state index in [4.69, 9.17) is 4.74 Å². The maximum atomic E-state index is 12.9. The minimum Gasteiger partial charge on any atom is -0.496 e. The number of fused-ring (bicyclic) bond motifs is 1. The van der Waals surface area contributed by atoms with Gasteiger partial charge in [0.25, 0.3) is 5.91 Å². The van der Waals surface area contributed by atoms with Crippen LogP contribution in [0, 0.1) is 0 Å². The molecular formula is C28H22N4O2. The lowest BCUT2D eigenvalue weighted by molar-refractivity contribution is 0.0949. The second-order valence-corrected chi connectivity index (χ2v) is 7.63. The number of hydrogen-bond donors (Lipinski definition) is 1. The predicted molar refractivity (Wildman–Crippen MR) is 135 cm³/mol. The average molecular weight is 447 g/mol. The molecule has 1 amide bonds. The summed E-state index contributed by atoms with van der Waals surface area (Å²) in [5.41, 5.74) is 6.28. The molecule has 0 aliphatic heterocycles. The van der Waals surface area contributed by atoms with Gasteiger partial charge >= 0.3 is 0 Å². The van der Waals surface area contributed by atoms with E-state index in [1.54, 1.807) is 24.1 Å². The summed E-state index contributed by atoms with van der Waals surface area (Å²) < 4.78 is 7.11. The minimum atomic E-state index is -0.401. The van der Waals surface area contributed by atoms with Gasteiger partial charge in [0.15, 0.2) is 5.69 Å². The van der Waals surface area contributed by atoms with Crippen LogP contribution in [-0.2, 0) is 0 Å². The lowest BCUT2D eigenvalue weighted by Crippen LogP contribution is -2.18. The van der Waals surface area contributed by atoms with Crippen LogP contribution in [0.5, 0.6) is 5.75 Å². The Morgan fingerprint density at radius 2 is 1.65 bits per heavy atom. The Bertz CT molecular complexity index is 1480. The summed E-state index contributed by atoms with van der Waals surface area (Å²) in [7, 11) is 1.59. The summed E-state index contributed by atoms with van der Waals surface area (Å²) in [6.07, 6.45) is 1.55. The van der Waals surface area contributed by atoms with E-state index in [1.165, 1.54) is 0 Å². The van der Waals surface area contributed by atoms with Crippen molar-refractivity contribution in [1.82, 2.24) is 15.2 Å². The second-order valence-electron chi connectivity index (χ2n) is 7.63. The number of nitrogens with zero attached hydrogens (tertiary/aromatic N) is 3. The minimum absolute atomic E-state index is 0.268. The van der Waals surface area contributed by atoms with Crippen LogP contribution >= 0.6 is 0 Å². The van der Waals surface area contributed by atoms with Gasteiger partial charge in [0.1, 0.15) is 5.75 Å². The summed E-state index contributed by atoms with van der Waals surface area (Å²) in [4.78, 5) is 12.9. The van der Waals surface area contributed by atoms with E-state index in [0.717, 1.165) is 33.3 Å². The van der Waals surface area contributed by atoms with Gasteiger partial charge in [-0.15, -0.1) is 0 Å². The highest BCUT2D eigenvalue weighted by Gasteiger charge is 2.18. The number of benzene rings is 4. The van der Waals surface area contributed by atoms with Crippen molar-refractivity contribution in [2.24, 2.45) is 5.10 Å². The third kappa shape index (κ3) is 4.17. The van der Waals surface area contributed by atoms with E-state index in [2.05, 4.69) is 33.8 Å². The molecular weight excluding hydrogens is 424 g/mol. The first kappa shape index (κ1) is 21.2. The summed E-state index contributed by atoms with van der Waals surface area (Å²) >= 11 is 0. The van der Waals surface area contributed by atoms with E-state index in [-0.39, 0.29) is 5.69 Å². The maximum Gasteiger partial charge on any atom is 0.291 e. The van der Waals surface area contributed by atoms with E-state index in [0.29, 0.717) is 5.75 Å². The van der Waals surface area contributed by atoms with Crippen molar-refractivity contribution in [2.45, 2.75) is 0 Å². The van der Waals surface area contributed by atoms with Gasteiger partial charge in [-0.1, -0.05) is 72.8 Å². The number of methoxy groups -OCH3 is 1. The fraction of sp³-hybridized carbons (Fsp3) is 0.0357. The monoisotopic (exact) mass is 446 g/mol. The molecule has 0 bridgehead atoms. The lowest BCUT2D eigenvalue weighted by Gasteiger charge is -2.10. The number of rotatable bonds is 6. The van der Waals surface area contributed by atoms with Gasteiger partial charge in [-0.25, -0.2) is 10.1 Å². The predicted octanol–water partition coefficient (Wildman–Crippen LogP) is 5.47. The van der Waals surface area contributed by atoms with Crippen molar-refractivity contribution in [3.8, 4) is 22.7 Å². The van der Waals surface area contributed by atoms with Gasteiger partial charge in [0, 0.05) is 11.1 Å². The molecule has 1 N–H and O–H groups in total. The molecule has 0 unspecified atom stereocenters. The molecule has 34 heavy (non-hydrogen) atoms. The van der Waals surface area contributed by atoms with Crippen molar-refractivity contribution < 1.29 is 9.53 Å². The van der Waals surface area contributed by atoms with E-state index in [1.807, 2.05) is 78.9 Å². The number of hydrazone groups is 1. The number of ether oxygens (including phenoxy) is 1. The number of nitrogens with one attached hydrogen (secondary N) is 1. The first-order chi connectivity index (χ1) is 16.7. The largest absolute Gasteiger partial charge is 0.496 e. The molecule has 6 heteroatoms. The SMILES string of the molecule is COc1ccccc1/C=N\NC(=O)c1cc(-c2cccc3ccccc23)n(-c2ccccc2)n1. The van der Waals surface area contributed by atoms with Crippen LogP contribution in [0.4, 0.5) is 0 Å². The molecule has 4 aromatic carbocycles. The van der Waals surface area contributed by atoms with Gasteiger partial charge in [-0.3, -0.25) is 4.79 Å². The third-order valence-electron chi connectivity index (χ3n) is 5.52. The molecule has 0 atom stereocenters. The Hall–Kier alpha value is -4.71. The van der Waals surface area contributed by atoms with Crippen LogP contribution < -0.4 is 10.2 Å². The van der Waals surface area contributed by atoms with Crippen molar-refractivity contribution in [2.75, 3.05) is 7.11 Å². The molecule has 0 saturated carbocycles. The Balaban J connectivity index is 1.52. The van der Waals surface area contributed by atoms with Crippen LogP contribution in [0.15, 0.2) is 108 Å². The van der Waals surface area contributed by atoms with Crippen molar-refractivity contribution in [1.29, 1.82) is 0 Å². The second kappa shape index (κ2) is 9.42. The summed E-state index contributed by atoms with van der Waals surface area (Å²) in [6, 6.07) is 33.3. The van der Waals surface area contributed by atoms with E-state index in [9.17, 15) is 4.79 Å². The number of hydrogen-bond acceptors (Lipinski definition) is 4. The molecule has 0 fully saturated rings. The Kier molecular flexibility index (Phi) is 5.86. The van der Waals surface area contributed by atoms with Crippen molar-refractivity contribution >= 4 is 22.9 Å². The molecule has 5 aromatic rings. The topological polar surface area (TPSA) is 68.5 Å². The smallest absolute Gasteiger partial charge is 0.291 e. The number of carbonyl (C=O) groups is 1. The molecule has 0 aliphatic carbocycles. The molecule has 6 nitrogen and oxygen atoms in total. The first-order valence-electron chi connectivity index (χ1n) is 10.8. The van der Waals surface area contributed by atoms with Gasteiger partial charge in [0.05, 0.1) is 24.7 Å². The quantitative estimate of drug-likeness (QED) is 0.278. The molecule has 0 saturated heterocycles. The number of aromatic nitrogens is 2. The molecule has 0 aliphatic rings. The molecule has 0 radical (unpaired) electrons. The van der Waals surface area contributed by atoms with Gasteiger partial charge < -0.3 is 4.74 Å². The molecule has 0 spiro atoms. The van der Waals surface area contributed by atoms with Crippen LogP contribution in [0.3, 0.4) is 0 Å². The van der Waals surface area contributed by atoms with Crippen LogP contribution in [0.25, 0.3) is 27.7 Å². The number of amides is 1. The fourth-order valence-electron chi connectivity index (χ4n) is 3.89.